The molecule has 0 aliphatic carbocycles. The maximum Gasteiger partial charge on any atom is 0.0603 e. The van der Waals surface area contributed by atoms with Gasteiger partial charge in [0.05, 0.1) is 11.4 Å². The van der Waals surface area contributed by atoms with E-state index in [0.717, 1.165) is 21.5 Å². The van der Waals surface area contributed by atoms with Crippen molar-refractivity contribution in [3.05, 3.63) is 126 Å². The second-order valence-electron chi connectivity index (χ2n) is 7.17. The Kier molecular flexibility index (Phi) is 5.08. The van der Waals surface area contributed by atoms with Gasteiger partial charge in [0.1, 0.15) is 0 Å². The molecule has 1 nitrogen and oxygen atoms in total. The van der Waals surface area contributed by atoms with Crippen LogP contribution >= 0.6 is 15.9 Å². The van der Waals surface area contributed by atoms with Crippen LogP contribution in [0.4, 0.5) is 17.1 Å². The predicted molar refractivity (Wildman–Crippen MR) is 132 cm³/mol. The fourth-order valence-electron chi connectivity index (χ4n) is 3.97. The summed E-state index contributed by atoms with van der Waals surface area (Å²) in [6, 6.07) is 42.6. The van der Waals surface area contributed by atoms with Crippen LogP contribution < -0.4 is 4.90 Å². The van der Waals surface area contributed by atoms with Crippen molar-refractivity contribution in [2.45, 2.75) is 0 Å². The molecule has 2 heteroatoms. The highest BCUT2D eigenvalue weighted by molar-refractivity contribution is 9.10. The highest BCUT2D eigenvalue weighted by Crippen LogP contribution is 2.43. The fourth-order valence-corrected chi connectivity index (χ4v) is 4.43. The molecule has 0 saturated heterocycles. The van der Waals surface area contributed by atoms with Crippen LogP contribution in [0.15, 0.2) is 126 Å². The van der Waals surface area contributed by atoms with Crippen LogP contribution in [0, 0.1) is 0 Å². The maximum atomic E-state index is 3.77. The van der Waals surface area contributed by atoms with Crippen LogP contribution in [-0.2, 0) is 0 Å². The third-order valence-electron chi connectivity index (χ3n) is 5.33. The van der Waals surface area contributed by atoms with E-state index in [-0.39, 0.29) is 0 Å². The molecule has 0 radical (unpaired) electrons. The van der Waals surface area contributed by atoms with E-state index in [2.05, 4.69) is 136 Å². The Bertz CT molecular complexity index is 1300. The molecule has 0 heterocycles. The van der Waals surface area contributed by atoms with Gasteiger partial charge in [-0.05, 0) is 62.8 Å². The summed E-state index contributed by atoms with van der Waals surface area (Å²) in [5.74, 6) is 0. The number of hydrogen-bond acceptors (Lipinski definition) is 1. The zero-order valence-electron chi connectivity index (χ0n) is 16.4. The van der Waals surface area contributed by atoms with E-state index in [4.69, 9.17) is 0 Å². The first-order valence-electron chi connectivity index (χ1n) is 10.00. The number of hydrogen-bond donors (Lipinski definition) is 0. The number of rotatable bonds is 4. The molecule has 5 aromatic rings. The quantitative estimate of drug-likeness (QED) is 0.265. The smallest absolute Gasteiger partial charge is 0.0603 e. The third-order valence-corrected chi connectivity index (χ3v) is 6.01. The summed E-state index contributed by atoms with van der Waals surface area (Å²) in [7, 11) is 0. The van der Waals surface area contributed by atoms with Crippen molar-refractivity contribution < 1.29 is 0 Å². The Morgan fingerprint density at radius 2 is 1.07 bits per heavy atom. The number of fused-ring (bicyclic) bond motifs is 1. The molecule has 30 heavy (non-hydrogen) atoms. The van der Waals surface area contributed by atoms with Crippen molar-refractivity contribution in [1.29, 1.82) is 0 Å². The summed E-state index contributed by atoms with van der Waals surface area (Å²) in [5.41, 5.74) is 5.87. The van der Waals surface area contributed by atoms with Gasteiger partial charge >= 0.3 is 0 Å². The molecule has 0 atom stereocenters. The molecule has 0 amide bonds. The van der Waals surface area contributed by atoms with E-state index in [1.807, 2.05) is 6.07 Å². The molecule has 0 spiro atoms. The van der Waals surface area contributed by atoms with Crippen molar-refractivity contribution in [3.63, 3.8) is 0 Å². The molecule has 0 aromatic heterocycles. The zero-order valence-corrected chi connectivity index (χ0v) is 18.0. The van der Waals surface area contributed by atoms with Crippen molar-refractivity contribution in [3.8, 4) is 11.1 Å². The van der Waals surface area contributed by atoms with Gasteiger partial charge in [-0.15, -0.1) is 0 Å². The summed E-state index contributed by atoms with van der Waals surface area (Å²) in [6.07, 6.45) is 0. The molecular formula is C28H20BrN. The van der Waals surface area contributed by atoms with Gasteiger partial charge in [0.15, 0.2) is 0 Å². The topological polar surface area (TPSA) is 3.24 Å². The molecule has 0 bridgehead atoms. The lowest BCUT2D eigenvalue weighted by Gasteiger charge is -2.28. The van der Waals surface area contributed by atoms with Crippen molar-refractivity contribution in [2.75, 3.05) is 4.90 Å². The number of para-hydroxylation sites is 2. The fraction of sp³-hybridized carbons (Fsp3) is 0. The van der Waals surface area contributed by atoms with Gasteiger partial charge in [0, 0.05) is 15.5 Å². The number of nitrogens with zero attached hydrogens (tertiary/aromatic N) is 1. The van der Waals surface area contributed by atoms with Gasteiger partial charge in [-0.3, -0.25) is 0 Å². The second-order valence-corrected chi connectivity index (χ2v) is 8.02. The summed E-state index contributed by atoms with van der Waals surface area (Å²) < 4.78 is 1.06. The SMILES string of the molecule is Brc1ccccc1N(c1ccccc1)c1ccc(-c2ccccc2)c2ccccc12. The average molecular weight is 450 g/mol. The van der Waals surface area contributed by atoms with E-state index in [1.54, 1.807) is 0 Å². The van der Waals surface area contributed by atoms with Crippen LogP contribution in [0.25, 0.3) is 21.9 Å². The van der Waals surface area contributed by atoms with E-state index in [1.165, 1.54) is 21.9 Å². The van der Waals surface area contributed by atoms with Gasteiger partial charge < -0.3 is 4.90 Å². The van der Waals surface area contributed by atoms with Crippen molar-refractivity contribution in [2.24, 2.45) is 0 Å². The van der Waals surface area contributed by atoms with Crippen LogP contribution in [-0.4, -0.2) is 0 Å². The standard InChI is InChI=1S/C28H20BrN/c29-26-17-9-10-18-28(26)30(22-13-5-2-6-14-22)27-20-19-23(21-11-3-1-4-12-21)24-15-7-8-16-25(24)27/h1-20H. The van der Waals surface area contributed by atoms with Gasteiger partial charge in [-0.1, -0.05) is 91.0 Å². The summed E-state index contributed by atoms with van der Waals surface area (Å²) in [5, 5.41) is 2.47. The van der Waals surface area contributed by atoms with Crippen LogP contribution in [0.2, 0.25) is 0 Å². The molecule has 0 N–H and O–H groups in total. The summed E-state index contributed by atoms with van der Waals surface area (Å²) >= 11 is 3.77. The molecule has 144 valence electrons. The van der Waals surface area contributed by atoms with E-state index >= 15 is 0 Å². The Morgan fingerprint density at radius 1 is 0.467 bits per heavy atom. The highest BCUT2D eigenvalue weighted by Gasteiger charge is 2.18. The molecule has 0 fully saturated rings. The van der Waals surface area contributed by atoms with Gasteiger partial charge in [-0.2, -0.15) is 0 Å². The number of anilines is 3. The molecule has 0 aliphatic heterocycles. The van der Waals surface area contributed by atoms with E-state index < -0.39 is 0 Å². The van der Waals surface area contributed by atoms with E-state index in [0.29, 0.717) is 0 Å². The highest BCUT2D eigenvalue weighted by atomic mass is 79.9. The molecule has 5 rings (SSSR count). The summed E-state index contributed by atoms with van der Waals surface area (Å²) in [4.78, 5) is 2.32. The van der Waals surface area contributed by atoms with Gasteiger partial charge in [0.2, 0.25) is 0 Å². The van der Waals surface area contributed by atoms with Crippen molar-refractivity contribution in [1.82, 2.24) is 0 Å². The molecule has 5 aromatic carbocycles. The lowest BCUT2D eigenvalue weighted by atomic mass is 9.96. The Labute approximate surface area is 185 Å². The van der Waals surface area contributed by atoms with Crippen LogP contribution in [0.5, 0.6) is 0 Å². The normalized spacial score (nSPS) is 10.8. The first-order chi connectivity index (χ1) is 14.8. The molecule has 0 unspecified atom stereocenters. The Balaban J connectivity index is 1.79. The third kappa shape index (κ3) is 3.40. The lowest BCUT2D eigenvalue weighted by molar-refractivity contribution is 1.29. The molecule has 0 aliphatic rings. The molecule has 0 saturated carbocycles. The number of halogens is 1. The zero-order chi connectivity index (χ0) is 20.3. The first-order valence-corrected chi connectivity index (χ1v) is 10.8. The number of benzene rings is 5. The van der Waals surface area contributed by atoms with Crippen molar-refractivity contribution >= 4 is 43.8 Å². The lowest BCUT2D eigenvalue weighted by Crippen LogP contribution is -2.11. The monoisotopic (exact) mass is 449 g/mol. The molecular weight excluding hydrogens is 430 g/mol. The minimum Gasteiger partial charge on any atom is -0.309 e. The Morgan fingerprint density at radius 3 is 1.80 bits per heavy atom. The minimum atomic E-state index is 1.06. The van der Waals surface area contributed by atoms with Gasteiger partial charge in [-0.25, -0.2) is 0 Å². The van der Waals surface area contributed by atoms with Crippen LogP contribution in [0.3, 0.4) is 0 Å². The summed E-state index contributed by atoms with van der Waals surface area (Å²) in [6.45, 7) is 0. The maximum absolute atomic E-state index is 3.77. The predicted octanol–water partition coefficient (Wildman–Crippen LogP) is 8.74. The largest absolute Gasteiger partial charge is 0.309 e. The van der Waals surface area contributed by atoms with Crippen LogP contribution in [0.1, 0.15) is 0 Å². The minimum absolute atomic E-state index is 1.06. The van der Waals surface area contributed by atoms with Gasteiger partial charge in [0.25, 0.3) is 0 Å². The van der Waals surface area contributed by atoms with E-state index in [9.17, 15) is 0 Å². The second kappa shape index (κ2) is 8.17. The Hall–Kier alpha value is -3.36. The average Bonchev–Trinajstić information content (AvgIpc) is 2.82. The first kappa shape index (κ1) is 18.7.